The normalized spacial score (nSPS) is 10.5. The summed E-state index contributed by atoms with van der Waals surface area (Å²) in [6.07, 6.45) is 1.54. The molecule has 2 aromatic rings. The molecule has 1 aromatic carbocycles. The summed E-state index contributed by atoms with van der Waals surface area (Å²) in [5.74, 6) is -0.408. The average Bonchev–Trinajstić information content (AvgIpc) is 2.37. The highest BCUT2D eigenvalue weighted by molar-refractivity contribution is 6.30. The van der Waals surface area contributed by atoms with E-state index in [0.29, 0.717) is 22.8 Å². The van der Waals surface area contributed by atoms with Crippen LogP contribution in [0, 0.1) is 5.82 Å². The largest absolute Gasteiger partial charge is 0.384 e. The molecule has 0 spiro atoms. The molecule has 19 heavy (non-hydrogen) atoms. The fourth-order valence-corrected chi connectivity index (χ4v) is 1.87. The number of benzene rings is 1. The molecule has 1 N–H and O–H groups in total. The van der Waals surface area contributed by atoms with Crippen molar-refractivity contribution in [2.24, 2.45) is 0 Å². The SMILES string of the molecule is CCNc1cnn(Cc2cc(Cl)ccc2F)c(=O)c1. The molecule has 2 rings (SSSR count). The molecule has 1 aromatic heterocycles. The van der Waals surface area contributed by atoms with Crippen LogP contribution in [0.5, 0.6) is 0 Å². The lowest BCUT2D eigenvalue weighted by Crippen LogP contribution is -2.23. The van der Waals surface area contributed by atoms with Gasteiger partial charge in [0, 0.05) is 23.2 Å². The van der Waals surface area contributed by atoms with Gasteiger partial charge in [0.25, 0.3) is 5.56 Å². The van der Waals surface area contributed by atoms with Gasteiger partial charge in [0.05, 0.1) is 18.4 Å². The van der Waals surface area contributed by atoms with Gasteiger partial charge in [-0.2, -0.15) is 5.10 Å². The molecule has 0 atom stereocenters. The summed E-state index contributed by atoms with van der Waals surface area (Å²) in [7, 11) is 0. The molecule has 0 fully saturated rings. The zero-order valence-electron chi connectivity index (χ0n) is 10.4. The van der Waals surface area contributed by atoms with Crippen LogP contribution in [0.2, 0.25) is 5.02 Å². The Kier molecular flexibility index (Phi) is 4.16. The van der Waals surface area contributed by atoms with Crippen molar-refractivity contribution in [1.29, 1.82) is 0 Å². The third-order valence-electron chi connectivity index (χ3n) is 2.58. The topological polar surface area (TPSA) is 46.9 Å². The maximum Gasteiger partial charge on any atom is 0.269 e. The molecule has 0 bridgehead atoms. The van der Waals surface area contributed by atoms with Gasteiger partial charge in [-0.1, -0.05) is 11.6 Å². The van der Waals surface area contributed by atoms with E-state index in [1.807, 2.05) is 6.92 Å². The zero-order valence-corrected chi connectivity index (χ0v) is 11.1. The summed E-state index contributed by atoms with van der Waals surface area (Å²) >= 11 is 5.80. The molecule has 0 unspecified atom stereocenters. The van der Waals surface area contributed by atoms with Crippen molar-refractivity contribution >= 4 is 17.3 Å². The number of halogens is 2. The standard InChI is InChI=1S/C13H13ClFN3O/c1-2-16-11-6-13(19)18(17-7-11)8-9-5-10(14)3-4-12(9)15/h3-7,16H,2,8H2,1H3. The number of rotatable bonds is 4. The Bertz CT molecular complexity index is 642. The maximum atomic E-state index is 13.6. The number of nitrogens with zero attached hydrogens (tertiary/aromatic N) is 2. The first-order chi connectivity index (χ1) is 9.10. The van der Waals surface area contributed by atoms with E-state index >= 15 is 0 Å². The predicted molar refractivity (Wildman–Crippen MR) is 73.2 cm³/mol. The van der Waals surface area contributed by atoms with Crippen LogP contribution in [0.1, 0.15) is 12.5 Å². The number of hydrogen-bond donors (Lipinski definition) is 1. The van der Waals surface area contributed by atoms with Gasteiger partial charge in [0.1, 0.15) is 5.82 Å². The molecule has 0 aliphatic heterocycles. The number of nitrogens with one attached hydrogen (secondary N) is 1. The van der Waals surface area contributed by atoms with Crippen molar-refractivity contribution in [3.05, 3.63) is 57.2 Å². The van der Waals surface area contributed by atoms with E-state index in [-0.39, 0.29) is 12.1 Å². The van der Waals surface area contributed by atoms with E-state index < -0.39 is 5.82 Å². The van der Waals surface area contributed by atoms with Crippen molar-refractivity contribution < 1.29 is 4.39 Å². The summed E-state index contributed by atoms with van der Waals surface area (Å²) in [5.41, 5.74) is 0.687. The van der Waals surface area contributed by atoms with Crippen molar-refractivity contribution in [3.63, 3.8) is 0 Å². The number of anilines is 1. The first-order valence-corrected chi connectivity index (χ1v) is 6.23. The lowest BCUT2D eigenvalue weighted by Gasteiger charge is -2.08. The third kappa shape index (κ3) is 3.32. The van der Waals surface area contributed by atoms with Crippen LogP contribution in [0.25, 0.3) is 0 Å². The van der Waals surface area contributed by atoms with E-state index in [4.69, 9.17) is 11.6 Å². The molecular weight excluding hydrogens is 269 g/mol. The van der Waals surface area contributed by atoms with Gasteiger partial charge in [-0.25, -0.2) is 9.07 Å². The predicted octanol–water partition coefficient (Wildman–Crippen LogP) is 2.52. The Morgan fingerprint density at radius 3 is 2.89 bits per heavy atom. The minimum atomic E-state index is -0.408. The Labute approximate surface area is 114 Å². The molecule has 0 saturated carbocycles. The molecule has 6 heteroatoms. The first kappa shape index (κ1) is 13.5. The second-order valence-corrected chi connectivity index (χ2v) is 4.44. The molecule has 0 amide bonds. The smallest absolute Gasteiger partial charge is 0.269 e. The van der Waals surface area contributed by atoms with Gasteiger partial charge in [0.15, 0.2) is 0 Å². The van der Waals surface area contributed by atoms with Crippen LogP contribution in [0.3, 0.4) is 0 Å². The quantitative estimate of drug-likeness (QED) is 0.937. The summed E-state index contributed by atoms with van der Waals surface area (Å²) in [4.78, 5) is 11.8. The molecule has 4 nitrogen and oxygen atoms in total. The van der Waals surface area contributed by atoms with Gasteiger partial charge in [-0.15, -0.1) is 0 Å². The van der Waals surface area contributed by atoms with Gasteiger partial charge in [-0.05, 0) is 25.1 Å². The highest BCUT2D eigenvalue weighted by Crippen LogP contribution is 2.15. The van der Waals surface area contributed by atoms with E-state index in [0.717, 1.165) is 0 Å². The van der Waals surface area contributed by atoms with Crippen LogP contribution < -0.4 is 10.9 Å². The van der Waals surface area contributed by atoms with E-state index in [2.05, 4.69) is 10.4 Å². The minimum Gasteiger partial charge on any atom is -0.384 e. The second-order valence-electron chi connectivity index (χ2n) is 4.01. The van der Waals surface area contributed by atoms with E-state index in [9.17, 15) is 9.18 Å². The van der Waals surface area contributed by atoms with Crippen LogP contribution in [-0.2, 0) is 6.54 Å². The van der Waals surface area contributed by atoms with Crippen LogP contribution in [0.15, 0.2) is 35.3 Å². The van der Waals surface area contributed by atoms with Crippen molar-refractivity contribution in [2.75, 3.05) is 11.9 Å². The molecule has 100 valence electrons. The second kappa shape index (κ2) is 5.84. The number of hydrogen-bond acceptors (Lipinski definition) is 3. The monoisotopic (exact) mass is 281 g/mol. The first-order valence-electron chi connectivity index (χ1n) is 5.85. The molecular formula is C13H13ClFN3O. The van der Waals surface area contributed by atoms with Crippen molar-refractivity contribution in [2.45, 2.75) is 13.5 Å². The summed E-state index contributed by atoms with van der Waals surface area (Å²) in [6, 6.07) is 5.66. The zero-order chi connectivity index (χ0) is 13.8. The Hall–Kier alpha value is -1.88. The van der Waals surface area contributed by atoms with Crippen LogP contribution in [0.4, 0.5) is 10.1 Å². The molecule has 0 aliphatic carbocycles. The summed E-state index contributed by atoms with van der Waals surface area (Å²) < 4.78 is 14.8. The summed E-state index contributed by atoms with van der Waals surface area (Å²) in [5, 5.41) is 7.41. The van der Waals surface area contributed by atoms with Gasteiger partial charge in [0.2, 0.25) is 0 Å². The lowest BCUT2D eigenvalue weighted by atomic mass is 10.2. The van der Waals surface area contributed by atoms with Crippen molar-refractivity contribution in [3.8, 4) is 0 Å². The molecule has 0 saturated heterocycles. The number of aromatic nitrogens is 2. The van der Waals surface area contributed by atoms with Gasteiger partial charge < -0.3 is 5.32 Å². The summed E-state index contributed by atoms with van der Waals surface area (Å²) in [6.45, 7) is 2.68. The molecule has 1 heterocycles. The fraction of sp³-hybridized carbons (Fsp3) is 0.231. The highest BCUT2D eigenvalue weighted by atomic mass is 35.5. The van der Waals surface area contributed by atoms with Crippen molar-refractivity contribution in [1.82, 2.24) is 9.78 Å². The van der Waals surface area contributed by atoms with E-state index in [1.165, 1.54) is 35.1 Å². The molecule has 0 radical (unpaired) electrons. The van der Waals surface area contributed by atoms with Crippen LogP contribution >= 0.6 is 11.6 Å². The minimum absolute atomic E-state index is 0.0532. The van der Waals surface area contributed by atoms with Crippen LogP contribution in [-0.4, -0.2) is 16.3 Å². The van der Waals surface area contributed by atoms with Gasteiger partial charge in [-0.3, -0.25) is 4.79 Å². The highest BCUT2D eigenvalue weighted by Gasteiger charge is 2.06. The Balaban J connectivity index is 2.28. The maximum absolute atomic E-state index is 13.6. The molecule has 0 aliphatic rings. The third-order valence-corrected chi connectivity index (χ3v) is 2.81. The van der Waals surface area contributed by atoms with Gasteiger partial charge >= 0.3 is 0 Å². The Morgan fingerprint density at radius 2 is 2.21 bits per heavy atom. The average molecular weight is 282 g/mol. The fourth-order valence-electron chi connectivity index (χ4n) is 1.68. The lowest BCUT2D eigenvalue weighted by molar-refractivity contribution is 0.572. The Morgan fingerprint density at radius 1 is 1.42 bits per heavy atom. The van der Waals surface area contributed by atoms with E-state index in [1.54, 1.807) is 0 Å².